The lowest BCUT2D eigenvalue weighted by atomic mass is 10.0. The van der Waals surface area contributed by atoms with E-state index in [9.17, 15) is 0 Å². The minimum Gasteiger partial charge on any atom is -0.291 e. The number of fused-ring (bicyclic) bond motifs is 11. The largest absolute Gasteiger partial charge is 0.291 e. The summed E-state index contributed by atoms with van der Waals surface area (Å²) in [7, 11) is 0. The Morgan fingerprint density at radius 3 is 2.07 bits per heavy atom. The van der Waals surface area contributed by atoms with Gasteiger partial charge in [0.1, 0.15) is 5.69 Å². The van der Waals surface area contributed by atoms with Crippen molar-refractivity contribution < 1.29 is 0 Å². The molecule has 0 N–H and O–H groups in total. The van der Waals surface area contributed by atoms with Gasteiger partial charge in [0.2, 0.25) is 0 Å². The van der Waals surface area contributed by atoms with E-state index in [1.54, 1.807) is 0 Å². The van der Waals surface area contributed by atoms with Crippen LogP contribution in [0.3, 0.4) is 0 Å². The molecule has 0 atom stereocenters. The molecule has 3 aromatic heterocycles. The first-order chi connectivity index (χ1) is 21.8. The van der Waals surface area contributed by atoms with Gasteiger partial charge in [-0.15, -0.1) is 11.3 Å². The molecule has 0 unspecified atom stereocenters. The Balaban J connectivity index is 1.39. The van der Waals surface area contributed by atoms with Crippen molar-refractivity contribution in [3.63, 3.8) is 0 Å². The van der Waals surface area contributed by atoms with Crippen molar-refractivity contribution in [1.82, 2.24) is 14.5 Å². The van der Waals surface area contributed by atoms with E-state index in [2.05, 4.69) is 132 Å². The SMILES string of the molecule is c1ccc2cc(-c3nc4ccccc4nc3-n3c4ccccc4c4ccc5c(ccc6sc7ccccc7c65)c43)ccc2c1. The molecule has 44 heavy (non-hydrogen) atoms. The third-order valence-electron chi connectivity index (χ3n) is 8.96. The number of thiophene rings is 1. The molecule has 0 fully saturated rings. The van der Waals surface area contributed by atoms with Crippen LogP contribution in [0.15, 0.2) is 140 Å². The molecule has 204 valence electrons. The average Bonchev–Trinajstić information content (AvgIpc) is 3.63. The fourth-order valence-electron chi connectivity index (χ4n) is 6.99. The average molecular weight is 578 g/mol. The number of para-hydroxylation sites is 3. The van der Waals surface area contributed by atoms with Gasteiger partial charge in [0, 0.05) is 41.9 Å². The fraction of sp³-hybridized carbons (Fsp3) is 0. The molecule has 3 heterocycles. The summed E-state index contributed by atoms with van der Waals surface area (Å²) in [6.45, 7) is 0. The predicted molar refractivity (Wildman–Crippen MR) is 187 cm³/mol. The molecular weight excluding hydrogens is 555 g/mol. The lowest BCUT2D eigenvalue weighted by Crippen LogP contribution is -2.04. The molecule has 0 amide bonds. The monoisotopic (exact) mass is 577 g/mol. The fourth-order valence-corrected chi connectivity index (χ4v) is 8.11. The van der Waals surface area contributed by atoms with Crippen molar-refractivity contribution in [2.45, 2.75) is 0 Å². The molecule has 4 heteroatoms. The molecule has 0 aliphatic carbocycles. The summed E-state index contributed by atoms with van der Waals surface area (Å²) in [5.74, 6) is 0.841. The van der Waals surface area contributed by atoms with Crippen LogP contribution in [0.5, 0.6) is 0 Å². The zero-order valence-corrected chi connectivity index (χ0v) is 24.3. The van der Waals surface area contributed by atoms with E-state index < -0.39 is 0 Å². The Morgan fingerprint density at radius 2 is 1.16 bits per heavy atom. The maximum Gasteiger partial charge on any atom is 0.165 e. The second-order valence-electron chi connectivity index (χ2n) is 11.4. The quantitative estimate of drug-likeness (QED) is 0.205. The first kappa shape index (κ1) is 23.9. The normalized spacial score (nSPS) is 12.1. The minimum atomic E-state index is 0.841. The summed E-state index contributed by atoms with van der Waals surface area (Å²) >= 11 is 1.86. The van der Waals surface area contributed by atoms with E-state index in [4.69, 9.17) is 9.97 Å². The van der Waals surface area contributed by atoms with Gasteiger partial charge >= 0.3 is 0 Å². The molecule has 3 nitrogen and oxygen atoms in total. The van der Waals surface area contributed by atoms with Crippen LogP contribution in [0.4, 0.5) is 0 Å². The van der Waals surface area contributed by atoms with E-state index in [0.29, 0.717) is 0 Å². The first-order valence-electron chi connectivity index (χ1n) is 14.8. The highest BCUT2D eigenvalue weighted by Gasteiger charge is 2.22. The standard InChI is InChI=1S/C40H23N3S/c1-2-10-25-23-26(18-17-24(25)9-1)38-40(42-33-14-6-5-13-32(33)41-38)43-34-15-7-3-11-27(34)29-20-19-28-30(39(29)43)21-22-36-37(28)31-12-4-8-16-35(31)44-36/h1-23H. The minimum absolute atomic E-state index is 0.841. The first-order valence-corrected chi connectivity index (χ1v) is 15.7. The summed E-state index contributed by atoms with van der Waals surface area (Å²) < 4.78 is 4.98. The molecule has 0 radical (unpaired) electrons. The van der Waals surface area contributed by atoms with Crippen LogP contribution in [0.1, 0.15) is 0 Å². The van der Waals surface area contributed by atoms with Crippen LogP contribution in [-0.4, -0.2) is 14.5 Å². The summed E-state index contributed by atoms with van der Waals surface area (Å²) in [4.78, 5) is 10.7. The number of benzene rings is 7. The number of hydrogen-bond acceptors (Lipinski definition) is 3. The lowest BCUT2D eigenvalue weighted by Gasteiger charge is -2.15. The Bertz CT molecular complexity index is 2790. The van der Waals surface area contributed by atoms with Crippen LogP contribution < -0.4 is 0 Å². The third-order valence-corrected chi connectivity index (χ3v) is 10.1. The van der Waals surface area contributed by atoms with Gasteiger partial charge in [-0.25, -0.2) is 9.97 Å². The second-order valence-corrected chi connectivity index (χ2v) is 12.5. The molecule has 10 rings (SSSR count). The molecule has 0 aliphatic rings. The zero-order valence-electron chi connectivity index (χ0n) is 23.5. The number of hydrogen-bond donors (Lipinski definition) is 0. The highest BCUT2D eigenvalue weighted by Crippen LogP contribution is 2.43. The van der Waals surface area contributed by atoms with Crippen molar-refractivity contribution in [2.24, 2.45) is 0 Å². The molecule has 10 aromatic rings. The van der Waals surface area contributed by atoms with Crippen LogP contribution in [-0.2, 0) is 0 Å². The van der Waals surface area contributed by atoms with E-state index in [1.807, 2.05) is 23.5 Å². The molecule has 0 saturated heterocycles. The maximum atomic E-state index is 5.39. The van der Waals surface area contributed by atoms with Crippen LogP contribution in [0.25, 0.3) is 91.6 Å². The van der Waals surface area contributed by atoms with Crippen LogP contribution >= 0.6 is 11.3 Å². The topological polar surface area (TPSA) is 30.7 Å². The Morgan fingerprint density at radius 1 is 0.477 bits per heavy atom. The molecular formula is C40H23N3S. The summed E-state index contributed by atoms with van der Waals surface area (Å²) in [5, 5.41) is 9.92. The number of nitrogens with zero attached hydrogens (tertiary/aromatic N) is 3. The van der Waals surface area contributed by atoms with Gasteiger partial charge in [-0.05, 0) is 52.6 Å². The van der Waals surface area contributed by atoms with Crippen molar-refractivity contribution in [1.29, 1.82) is 0 Å². The van der Waals surface area contributed by atoms with Gasteiger partial charge < -0.3 is 0 Å². The Hall–Kier alpha value is -5.58. The van der Waals surface area contributed by atoms with Gasteiger partial charge in [-0.1, -0.05) is 103 Å². The summed E-state index contributed by atoms with van der Waals surface area (Å²) in [6, 6.07) is 49.9. The molecule has 7 aromatic carbocycles. The van der Waals surface area contributed by atoms with E-state index >= 15 is 0 Å². The second kappa shape index (κ2) is 8.96. The Kier molecular flexibility index (Phi) is 4.87. The lowest BCUT2D eigenvalue weighted by molar-refractivity contribution is 1.08. The van der Waals surface area contributed by atoms with E-state index in [1.165, 1.54) is 52.5 Å². The van der Waals surface area contributed by atoms with E-state index in [0.717, 1.165) is 39.1 Å². The highest BCUT2D eigenvalue weighted by atomic mass is 32.1. The van der Waals surface area contributed by atoms with Gasteiger partial charge in [-0.3, -0.25) is 4.57 Å². The molecule has 0 spiro atoms. The summed E-state index contributed by atoms with van der Waals surface area (Å²) in [5.41, 5.74) is 5.97. The number of rotatable bonds is 2. The van der Waals surface area contributed by atoms with Crippen LogP contribution in [0.2, 0.25) is 0 Å². The summed E-state index contributed by atoms with van der Waals surface area (Å²) in [6.07, 6.45) is 0. The van der Waals surface area contributed by atoms with Crippen molar-refractivity contribution in [3.8, 4) is 17.1 Å². The number of aromatic nitrogens is 3. The maximum absolute atomic E-state index is 5.39. The van der Waals surface area contributed by atoms with Crippen molar-refractivity contribution in [3.05, 3.63) is 140 Å². The smallest absolute Gasteiger partial charge is 0.165 e. The third kappa shape index (κ3) is 3.31. The molecule has 0 aliphatic heterocycles. The van der Waals surface area contributed by atoms with Gasteiger partial charge in [0.05, 0.1) is 22.1 Å². The molecule has 0 bridgehead atoms. The van der Waals surface area contributed by atoms with E-state index in [-0.39, 0.29) is 0 Å². The predicted octanol–water partition coefficient (Wildman–Crippen LogP) is 11.1. The van der Waals surface area contributed by atoms with Crippen molar-refractivity contribution in [2.75, 3.05) is 0 Å². The van der Waals surface area contributed by atoms with Crippen LogP contribution in [0, 0.1) is 0 Å². The van der Waals surface area contributed by atoms with Gasteiger partial charge in [-0.2, -0.15) is 0 Å². The highest BCUT2D eigenvalue weighted by molar-refractivity contribution is 7.26. The van der Waals surface area contributed by atoms with Gasteiger partial charge in [0.15, 0.2) is 5.82 Å². The van der Waals surface area contributed by atoms with Gasteiger partial charge in [0.25, 0.3) is 0 Å². The Labute approximate surface area is 256 Å². The zero-order chi connectivity index (χ0) is 28.8. The molecule has 0 saturated carbocycles. The van der Waals surface area contributed by atoms with Crippen molar-refractivity contribution >= 4 is 85.9 Å².